The summed E-state index contributed by atoms with van der Waals surface area (Å²) < 4.78 is 0. The van der Waals surface area contributed by atoms with E-state index in [0.29, 0.717) is 0 Å². The Kier molecular flexibility index (Phi) is 3.97. The lowest BCUT2D eigenvalue weighted by Gasteiger charge is -2.30. The van der Waals surface area contributed by atoms with Crippen LogP contribution >= 0.6 is 11.8 Å². The lowest BCUT2D eigenvalue weighted by molar-refractivity contribution is -0.123. The van der Waals surface area contributed by atoms with Gasteiger partial charge in [-0.05, 0) is 37.1 Å². The monoisotopic (exact) mass is 253 g/mol. The number of nitrogens with two attached hydrogens (primary N) is 1. The van der Waals surface area contributed by atoms with Crippen LogP contribution in [0.1, 0.15) is 25.7 Å². The third-order valence-corrected chi connectivity index (χ3v) is 4.88. The first-order valence-corrected chi connectivity index (χ1v) is 6.95. The average Bonchev–Trinajstić information content (AvgIpc) is 2.78. The van der Waals surface area contributed by atoms with Crippen molar-refractivity contribution in [3.8, 4) is 0 Å². The molecule has 4 N–H and O–H groups in total. The van der Waals surface area contributed by atoms with Gasteiger partial charge in [-0.3, -0.25) is 0 Å². The van der Waals surface area contributed by atoms with Crippen LogP contribution in [0.3, 0.4) is 0 Å². The van der Waals surface area contributed by atoms with Crippen molar-refractivity contribution in [2.75, 3.05) is 11.5 Å². The van der Waals surface area contributed by atoms with Gasteiger partial charge in [0.2, 0.25) is 0 Å². The molecule has 0 saturated heterocycles. The minimum absolute atomic E-state index is 0.313. The molecule has 17 heavy (non-hydrogen) atoms. The SMILES string of the molecule is Nc1ccc(SCC2(C(O)O)CCCC2)cc1. The van der Waals surface area contributed by atoms with Crippen molar-refractivity contribution in [2.45, 2.75) is 36.9 Å². The highest BCUT2D eigenvalue weighted by molar-refractivity contribution is 7.99. The van der Waals surface area contributed by atoms with Crippen molar-refractivity contribution in [2.24, 2.45) is 5.41 Å². The van der Waals surface area contributed by atoms with E-state index in [1.165, 1.54) is 0 Å². The van der Waals surface area contributed by atoms with Crippen LogP contribution < -0.4 is 5.73 Å². The van der Waals surface area contributed by atoms with Crippen LogP contribution in [-0.4, -0.2) is 22.3 Å². The third kappa shape index (κ3) is 2.94. The predicted octanol–water partition coefficient (Wildman–Crippen LogP) is 2.23. The number of rotatable bonds is 4. The van der Waals surface area contributed by atoms with Crippen LogP contribution in [0.2, 0.25) is 0 Å². The summed E-state index contributed by atoms with van der Waals surface area (Å²) in [4.78, 5) is 1.13. The molecule has 0 atom stereocenters. The molecule has 1 aliphatic rings. The highest BCUT2D eigenvalue weighted by Gasteiger charge is 2.39. The first kappa shape index (κ1) is 12.7. The largest absolute Gasteiger partial charge is 0.399 e. The molecule has 1 aliphatic carbocycles. The molecule has 0 amide bonds. The fourth-order valence-corrected chi connectivity index (χ4v) is 3.57. The van der Waals surface area contributed by atoms with Crippen molar-refractivity contribution in [3.05, 3.63) is 24.3 Å². The zero-order chi connectivity index (χ0) is 12.3. The summed E-state index contributed by atoms with van der Waals surface area (Å²) >= 11 is 1.68. The molecule has 1 fully saturated rings. The minimum atomic E-state index is -1.20. The number of thioether (sulfide) groups is 1. The highest BCUT2D eigenvalue weighted by atomic mass is 32.2. The van der Waals surface area contributed by atoms with E-state index in [9.17, 15) is 10.2 Å². The highest BCUT2D eigenvalue weighted by Crippen LogP contribution is 2.44. The summed E-state index contributed by atoms with van der Waals surface area (Å²) in [5, 5.41) is 19.1. The van der Waals surface area contributed by atoms with E-state index in [-0.39, 0.29) is 5.41 Å². The average molecular weight is 253 g/mol. The molecule has 4 heteroatoms. The fraction of sp³-hybridized carbons (Fsp3) is 0.538. The molecule has 3 nitrogen and oxygen atoms in total. The predicted molar refractivity (Wildman–Crippen MR) is 70.7 cm³/mol. The maximum absolute atomic E-state index is 9.55. The summed E-state index contributed by atoms with van der Waals surface area (Å²) in [5.41, 5.74) is 6.07. The van der Waals surface area contributed by atoms with Crippen LogP contribution in [0.4, 0.5) is 5.69 Å². The Labute approximate surface area is 106 Å². The van der Waals surface area contributed by atoms with Crippen molar-refractivity contribution < 1.29 is 10.2 Å². The zero-order valence-electron chi connectivity index (χ0n) is 9.80. The smallest absolute Gasteiger partial charge is 0.157 e. The van der Waals surface area contributed by atoms with Gasteiger partial charge in [0.05, 0.1) is 0 Å². The van der Waals surface area contributed by atoms with E-state index in [0.717, 1.165) is 42.0 Å². The first-order valence-electron chi connectivity index (χ1n) is 5.97. The van der Waals surface area contributed by atoms with Gasteiger partial charge >= 0.3 is 0 Å². The van der Waals surface area contributed by atoms with Crippen LogP contribution in [0.15, 0.2) is 29.2 Å². The van der Waals surface area contributed by atoms with E-state index in [1.807, 2.05) is 24.3 Å². The number of aliphatic hydroxyl groups excluding tert-OH is 1. The maximum atomic E-state index is 9.55. The van der Waals surface area contributed by atoms with Gasteiger partial charge in [0, 0.05) is 21.8 Å². The molecule has 2 rings (SSSR count). The molecule has 1 aromatic carbocycles. The summed E-state index contributed by atoms with van der Waals surface area (Å²) in [6.07, 6.45) is 2.81. The van der Waals surface area contributed by atoms with E-state index >= 15 is 0 Å². The molecule has 0 bridgehead atoms. The van der Waals surface area contributed by atoms with Gasteiger partial charge in [-0.1, -0.05) is 12.8 Å². The van der Waals surface area contributed by atoms with Gasteiger partial charge < -0.3 is 15.9 Å². The van der Waals surface area contributed by atoms with E-state index < -0.39 is 6.29 Å². The van der Waals surface area contributed by atoms with Crippen molar-refractivity contribution in [3.63, 3.8) is 0 Å². The fourth-order valence-electron chi connectivity index (χ4n) is 2.35. The van der Waals surface area contributed by atoms with Crippen molar-refractivity contribution in [1.29, 1.82) is 0 Å². The Bertz CT molecular complexity index is 358. The number of hydrogen-bond acceptors (Lipinski definition) is 4. The van der Waals surface area contributed by atoms with Gasteiger partial charge in [-0.2, -0.15) is 0 Å². The second-order valence-corrected chi connectivity index (χ2v) is 5.85. The minimum Gasteiger partial charge on any atom is -0.399 e. The summed E-state index contributed by atoms with van der Waals surface area (Å²) in [5.74, 6) is 0.759. The zero-order valence-corrected chi connectivity index (χ0v) is 10.6. The number of aliphatic hydroxyl groups is 2. The molecule has 94 valence electrons. The van der Waals surface area contributed by atoms with Gasteiger partial charge in [0.15, 0.2) is 6.29 Å². The summed E-state index contributed by atoms with van der Waals surface area (Å²) in [6.45, 7) is 0. The number of nitrogen functional groups attached to an aromatic ring is 1. The molecule has 0 aromatic heterocycles. The Balaban J connectivity index is 1.98. The molecule has 0 unspecified atom stereocenters. The Morgan fingerprint density at radius 1 is 1.18 bits per heavy atom. The van der Waals surface area contributed by atoms with Crippen molar-refractivity contribution >= 4 is 17.4 Å². The Hall–Kier alpha value is -0.710. The standard InChI is InChI=1S/C13H19NO2S/c14-10-3-5-11(6-4-10)17-9-13(12(15)16)7-1-2-8-13/h3-6,12,15-16H,1-2,7-9,14H2. The molecule has 1 aromatic rings. The lowest BCUT2D eigenvalue weighted by Crippen LogP contribution is -2.34. The van der Waals surface area contributed by atoms with E-state index in [4.69, 9.17) is 5.73 Å². The van der Waals surface area contributed by atoms with Crippen LogP contribution in [0, 0.1) is 5.41 Å². The van der Waals surface area contributed by atoms with Gasteiger partial charge in [-0.15, -0.1) is 11.8 Å². The van der Waals surface area contributed by atoms with Gasteiger partial charge in [0.1, 0.15) is 0 Å². The van der Waals surface area contributed by atoms with E-state index in [2.05, 4.69) is 0 Å². The summed E-state index contributed by atoms with van der Waals surface area (Å²) in [6, 6.07) is 7.71. The van der Waals surface area contributed by atoms with Crippen LogP contribution in [-0.2, 0) is 0 Å². The van der Waals surface area contributed by atoms with Crippen LogP contribution in [0.25, 0.3) is 0 Å². The molecular weight excluding hydrogens is 234 g/mol. The maximum Gasteiger partial charge on any atom is 0.157 e. The topological polar surface area (TPSA) is 66.5 Å². The Morgan fingerprint density at radius 2 is 1.76 bits per heavy atom. The van der Waals surface area contributed by atoms with Crippen LogP contribution in [0.5, 0.6) is 0 Å². The normalized spacial score (nSPS) is 18.8. The molecule has 0 heterocycles. The molecule has 0 spiro atoms. The molecule has 0 aliphatic heterocycles. The van der Waals surface area contributed by atoms with E-state index in [1.54, 1.807) is 11.8 Å². The molecular formula is C13H19NO2S. The van der Waals surface area contributed by atoms with Gasteiger partial charge in [0.25, 0.3) is 0 Å². The molecule has 1 saturated carbocycles. The summed E-state index contributed by atoms with van der Waals surface area (Å²) in [7, 11) is 0. The molecule has 0 radical (unpaired) electrons. The Morgan fingerprint density at radius 3 is 2.29 bits per heavy atom. The first-order chi connectivity index (χ1) is 8.12. The number of hydrogen-bond donors (Lipinski definition) is 3. The second kappa shape index (κ2) is 5.29. The number of anilines is 1. The quantitative estimate of drug-likeness (QED) is 0.437. The second-order valence-electron chi connectivity index (χ2n) is 4.80. The number of benzene rings is 1. The van der Waals surface area contributed by atoms with Crippen molar-refractivity contribution in [1.82, 2.24) is 0 Å². The lowest BCUT2D eigenvalue weighted by atomic mass is 9.88. The third-order valence-electron chi connectivity index (χ3n) is 3.55. The van der Waals surface area contributed by atoms with Gasteiger partial charge in [-0.25, -0.2) is 0 Å².